The van der Waals surface area contributed by atoms with Gasteiger partial charge in [-0.05, 0) is 35.4 Å². The summed E-state index contributed by atoms with van der Waals surface area (Å²) in [6.45, 7) is 4.14. The zero-order valence-electron chi connectivity index (χ0n) is 12.1. The van der Waals surface area contributed by atoms with Gasteiger partial charge in [0.15, 0.2) is 0 Å². The van der Waals surface area contributed by atoms with Crippen molar-refractivity contribution in [2.24, 2.45) is 0 Å². The Balaban J connectivity index is 1.97. The molecule has 2 aromatic rings. The number of rotatable bonds is 3. The van der Waals surface area contributed by atoms with Gasteiger partial charge in [-0.1, -0.05) is 24.3 Å². The summed E-state index contributed by atoms with van der Waals surface area (Å²) < 4.78 is 0. The van der Waals surface area contributed by atoms with Gasteiger partial charge >= 0.3 is 0 Å². The zero-order chi connectivity index (χ0) is 14.7. The smallest absolute Gasteiger partial charge is 0.0602 e. The molecule has 3 rings (SSSR count). The molecule has 0 bridgehead atoms. The second-order valence-electron chi connectivity index (χ2n) is 5.52. The topological polar surface area (TPSA) is 67.3 Å². The van der Waals surface area contributed by atoms with E-state index in [9.17, 15) is 0 Å². The van der Waals surface area contributed by atoms with Crippen LogP contribution in [0.1, 0.15) is 17.2 Å². The normalized spacial score (nSPS) is 16.2. The number of anilines is 2. The molecule has 110 valence electrons. The highest BCUT2D eigenvalue weighted by molar-refractivity contribution is 5.45. The maximum Gasteiger partial charge on any atom is 0.0602 e. The van der Waals surface area contributed by atoms with E-state index in [1.807, 2.05) is 24.3 Å². The molecule has 2 aromatic carbocycles. The van der Waals surface area contributed by atoms with Crippen molar-refractivity contribution in [1.82, 2.24) is 10.2 Å². The van der Waals surface area contributed by atoms with Crippen LogP contribution in [0.15, 0.2) is 48.5 Å². The van der Waals surface area contributed by atoms with Gasteiger partial charge in [-0.25, -0.2) is 0 Å². The minimum Gasteiger partial charge on any atom is -0.399 e. The first kappa shape index (κ1) is 13.9. The number of hydrogen-bond acceptors (Lipinski definition) is 4. The van der Waals surface area contributed by atoms with E-state index in [1.165, 1.54) is 11.1 Å². The maximum atomic E-state index is 5.82. The lowest BCUT2D eigenvalue weighted by Gasteiger charge is -2.35. The molecule has 1 aliphatic rings. The monoisotopic (exact) mass is 282 g/mol. The van der Waals surface area contributed by atoms with Crippen molar-refractivity contribution >= 4 is 11.4 Å². The molecule has 21 heavy (non-hydrogen) atoms. The second kappa shape index (κ2) is 6.16. The van der Waals surface area contributed by atoms with Crippen molar-refractivity contribution in [3.05, 3.63) is 59.7 Å². The fraction of sp³-hybridized carbons (Fsp3) is 0.294. The number of benzene rings is 2. The van der Waals surface area contributed by atoms with Crippen molar-refractivity contribution in [2.45, 2.75) is 6.04 Å². The second-order valence-corrected chi connectivity index (χ2v) is 5.52. The van der Waals surface area contributed by atoms with E-state index in [4.69, 9.17) is 11.5 Å². The molecule has 4 heteroatoms. The van der Waals surface area contributed by atoms with Gasteiger partial charge in [-0.15, -0.1) is 0 Å². The van der Waals surface area contributed by atoms with Gasteiger partial charge in [0.25, 0.3) is 0 Å². The van der Waals surface area contributed by atoms with Crippen LogP contribution in [0.3, 0.4) is 0 Å². The van der Waals surface area contributed by atoms with E-state index in [0.717, 1.165) is 37.6 Å². The highest BCUT2D eigenvalue weighted by Gasteiger charge is 2.23. The third-order valence-electron chi connectivity index (χ3n) is 4.02. The van der Waals surface area contributed by atoms with Crippen LogP contribution in [0.2, 0.25) is 0 Å². The van der Waals surface area contributed by atoms with Crippen LogP contribution >= 0.6 is 0 Å². The Morgan fingerprint density at radius 1 is 0.762 bits per heavy atom. The quantitative estimate of drug-likeness (QED) is 0.752. The van der Waals surface area contributed by atoms with E-state index in [2.05, 4.69) is 34.5 Å². The first-order valence-corrected chi connectivity index (χ1v) is 7.40. The predicted molar refractivity (Wildman–Crippen MR) is 88.0 cm³/mol. The Morgan fingerprint density at radius 2 is 1.19 bits per heavy atom. The molecule has 1 fully saturated rings. The molecule has 0 atom stereocenters. The number of nitrogen functional groups attached to an aromatic ring is 2. The van der Waals surface area contributed by atoms with Gasteiger partial charge < -0.3 is 16.8 Å². The average molecular weight is 282 g/mol. The van der Waals surface area contributed by atoms with E-state index in [0.29, 0.717) is 0 Å². The van der Waals surface area contributed by atoms with Crippen molar-refractivity contribution in [3.8, 4) is 0 Å². The number of piperazine rings is 1. The predicted octanol–water partition coefficient (Wildman–Crippen LogP) is 1.85. The highest BCUT2D eigenvalue weighted by Crippen LogP contribution is 2.30. The van der Waals surface area contributed by atoms with Crippen molar-refractivity contribution in [2.75, 3.05) is 37.6 Å². The molecule has 4 nitrogen and oxygen atoms in total. The summed E-state index contributed by atoms with van der Waals surface area (Å²) in [6, 6.07) is 16.6. The third-order valence-corrected chi connectivity index (χ3v) is 4.02. The Hall–Kier alpha value is -2.04. The molecule has 0 spiro atoms. The fourth-order valence-corrected chi connectivity index (χ4v) is 2.91. The Morgan fingerprint density at radius 3 is 1.62 bits per heavy atom. The molecular weight excluding hydrogens is 260 g/mol. The summed E-state index contributed by atoms with van der Waals surface area (Å²) in [7, 11) is 0. The summed E-state index contributed by atoms with van der Waals surface area (Å²) in [5, 5.41) is 3.41. The summed E-state index contributed by atoms with van der Waals surface area (Å²) in [4.78, 5) is 2.51. The molecule has 0 amide bonds. The van der Waals surface area contributed by atoms with Crippen molar-refractivity contribution < 1.29 is 0 Å². The molecule has 0 aromatic heterocycles. The number of nitrogens with zero attached hydrogens (tertiary/aromatic N) is 1. The molecule has 0 unspecified atom stereocenters. The SMILES string of the molecule is Nc1ccc(C(c2ccc(N)cc2)N2CCNCC2)cc1. The summed E-state index contributed by atoms with van der Waals surface area (Å²) in [5.41, 5.74) is 15.8. The standard InChI is InChI=1S/C17H22N4/c18-15-5-1-13(2-6-15)17(21-11-9-20-10-12-21)14-3-7-16(19)8-4-14/h1-8,17,20H,9-12,18-19H2. The molecule has 0 aliphatic carbocycles. The van der Waals surface area contributed by atoms with Gasteiger partial charge in [-0.2, -0.15) is 0 Å². The lowest BCUT2D eigenvalue weighted by molar-refractivity contribution is 0.198. The lowest BCUT2D eigenvalue weighted by Crippen LogP contribution is -2.45. The number of nitrogens with two attached hydrogens (primary N) is 2. The zero-order valence-corrected chi connectivity index (χ0v) is 12.1. The Kier molecular flexibility index (Phi) is 4.08. The van der Waals surface area contributed by atoms with Crippen molar-refractivity contribution in [3.63, 3.8) is 0 Å². The van der Waals surface area contributed by atoms with Crippen LogP contribution in [0.4, 0.5) is 11.4 Å². The first-order chi connectivity index (χ1) is 10.2. The van der Waals surface area contributed by atoms with Crippen LogP contribution in [0.25, 0.3) is 0 Å². The maximum absolute atomic E-state index is 5.82. The fourth-order valence-electron chi connectivity index (χ4n) is 2.91. The van der Waals surface area contributed by atoms with Gasteiger partial charge in [0, 0.05) is 37.6 Å². The van der Waals surface area contributed by atoms with Gasteiger partial charge in [0.1, 0.15) is 0 Å². The van der Waals surface area contributed by atoms with Crippen LogP contribution in [0, 0.1) is 0 Å². The summed E-state index contributed by atoms with van der Waals surface area (Å²) in [5.74, 6) is 0. The van der Waals surface area contributed by atoms with E-state index < -0.39 is 0 Å². The largest absolute Gasteiger partial charge is 0.399 e. The lowest BCUT2D eigenvalue weighted by atomic mass is 9.96. The molecule has 1 saturated heterocycles. The molecule has 0 radical (unpaired) electrons. The minimum atomic E-state index is 0.258. The molecular formula is C17H22N4. The Bertz CT molecular complexity index is 525. The number of hydrogen-bond donors (Lipinski definition) is 3. The molecule has 5 N–H and O–H groups in total. The van der Waals surface area contributed by atoms with Gasteiger partial charge in [-0.3, -0.25) is 4.90 Å². The van der Waals surface area contributed by atoms with Crippen LogP contribution in [-0.4, -0.2) is 31.1 Å². The van der Waals surface area contributed by atoms with Crippen LogP contribution in [0.5, 0.6) is 0 Å². The summed E-state index contributed by atoms with van der Waals surface area (Å²) >= 11 is 0. The van der Waals surface area contributed by atoms with E-state index in [-0.39, 0.29) is 6.04 Å². The van der Waals surface area contributed by atoms with Crippen molar-refractivity contribution in [1.29, 1.82) is 0 Å². The highest BCUT2D eigenvalue weighted by atomic mass is 15.2. The third kappa shape index (κ3) is 3.17. The number of nitrogens with one attached hydrogen (secondary N) is 1. The minimum absolute atomic E-state index is 0.258. The van der Waals surface area contributed by atoms with E-state index in [1.54, 1.807) is 0 Å². The van der Waals surface area contributed by atoms with Crippen LogP contribution in [-0.2, 0) is 0 Å². The van der Waals surface area contributed by atoms with Gasteiger partial charge in [0.2, 0.25) is 0 Å². The summed E-state index contributed by atoms with van der Waals surface area (Å²) in [6.07, 6.45) is 0. The van der Waals surface area contributed by atoms with Crippen LogP contribution < -0.4 is 16.8 Å². The molecule has 1 aliphatic heterocycles. The molecule has 1 heterocycles. The Labute approximate surface area is 125 Å². The molecule has 0 saturated carbocycles. The first-order valence-electron chi connectivity index (χ1n) is 7.40. The average Bonchev–Trinajstić information content (AvgIpc) is 2.52. The van der Waals surface area contributed by atoms with Gasteiger partial charge in [0.05, 0.1) is 6.04 Å². The van der Waals surface area contributed by atoms with E-state index >= 15 is 0 Å².